The minimum absolute atomic E-state index is 0.0713. The maximum Gasteiger partial charge on any atom is 0.390 e. The maximum atomic E-state index is 12.3. The molecule has 1 amide bonds. The second kappa shape index (κ2) is 6.20. The second-order valence-electron chi connectivity index (χ2n) is 6.40. The van der Waals surface area contributed by atoms with Crippen LogP contribution in [0.1, 0.15) is 32.0 Å². The number of carbonyl (C=O) groups excluding carboxylic acids is 1. The van der Waals surface area contributed by atoms with Crippen LogP contribution in [0.3, 0.4) is 0 Å². The molecular formula is C16H20N4O3. The van der Waals surface area contributed by atoms with Crippen molar-refractivity contribution in [3.05, 3.63) is 51.7 Å². The molecule has 0 saturated carbocycles. The lowest BCUT2D eigenvalue weighted by molar-refractivity contribution is -0.389. The van der Waals surface area contributed by atoms with Gasteiger partial charge < -0.3 is 15.4 Å². The first-order valence-electron chi connectivity index (χ1n) is 7.26. The number of nitrogens with zero attached hydrogens (tertiary/aromatic N) is 3. The second-order valence-corrected chi connectivity index (χ2v) is 6.40. The molecule has 0 aliphatic heterocycles. The minimum atomic E-state index is -0.573. The van der Waals surface area contributed by atoms with E-state index in [1.807, 2.05) is 24.3 Å². The first-order valence-corrected chi connectivity index (χ1v) is 7.26. The van der Waals surface area contributed by atoms with Gasteiger partial charge in [-0.15, -0.1) is 0 Å². The van der Waals surface area contributed by atoms with Gasteiger partial charge in [0, 0.05) is 5.69 Å². The Kier molecular flexibility index (Phi) is 4.49. The molecule has 1 heterocycles. The Labute approximate surface area is 134 Å². The van der Waals surface area contributed by atoms with E-state index < -0.39 is 4.92 Å². The highest BCUT2D eigenvalue weighted by atomic mass is 16.6. The van der Waals surface area contributed by atoms with Gasteiger partial charge in [0.05, 0.1) is 16.9 Å². The fourth-order valence-corrected chi connectivity index (χ4v) is 2.31. The zero-order valence-electron chi connectivity index (χ0n) is 13.7. The summed E-state index contributed by atoms with van der Waals surface area (Å²) in [5.74, 6) is -0.534. The van der Waals surface area contributed by atoms with Gasteiger partial charge in [0.1, 0.15) is 6.54 Å². The molecule has 2 aromatic rings. The first kappa shape index (κ1) is 16.7. The number of benzene rings is 1. The summed E-state index contributed by atoms with van der Waals surface area (Å²) in [5, 5.41) is 17.4. The van der Waals surface area contributed by atoms with Crippen LogP contribution in [0.15, 0.2) is 30.3 Å². The van der Waals surface area contributed by atoms with Crippen LogP contribution in [-0.4, -0.2) is 20.6 Å². The van der Waals surface area contributed by atoms with Crippen molar-refractivity contribution < 1.29 is 9.72 Å². The first-order chi connectivity index (χ1) is 10.7. The van der Waals surface area contributed by atoms with E-state index in [2.05, 4.69) is 31.2 Å². The average Bonchev–Trinajstić information content (AvgIpc) is 2.79. The van der Waals surface area contributed by atoms with Crippen LogP contribution in [0.2, 0.25) is 0 Å². The highest BCUT2D eigenvalue weighted by Gasteiger charge is 2.20. The predicted molar refractivity (Wildman–Crippen MR) is 87.4 cm³/mol. The third kappa shape index (κ3) is 3.94. The molecule has 0 aliphatic carbocycles. The lowest BCUT2D eigenvalue weighted by Crippen LogP contribution is -2.23. The topological polar surface area (TPSA) is 90.1 Å². The number of hydrogen-bond donors (Lipinski definition) is 1. The molecule has 1 N–H and O–H groups in total. The smallest absolute Gasteiger partial charge is 0.358 e. The predicted octanol–water partition coefficient (Wildman–Crippen LogP) is 3.04. The zero-order chi connectivity index (χ0) is 17.2. The van der Waals surface area contributed by atoms with Gasteiger partial charge in [-0.3, -0.25) is 4.79 Å². The van der Waals surface area contributed by atoms with Crippen molar-refractivity contribution in [3.8, 4) is 0 Å². The molecule has 1 aromatic heterocycles. The molecule has 7 nitrogen and oxygen atoms in total. The Hall–Kier alpha value is -2.70. The number of aryl methyl sites for hydroxylation is 1. The van der Waals surface area contributed by atoms with E-state index in [-0.39, 0.29) is 23.7 Å². The van der Waals surface area contributed by atoms with E-state index in [4.69, 9.17) is 0 Å². The fraction of sp³-hybridized carbons (Fsp3) is 0.375. The molecule has 0 aliphatic rings. The van der Waals surface area contributed by atoms with Crippen LogP contribution >= 0.6 is 0 Å². The van der Waals surface area contributed by atoms with Crippen LogP contribution in [0.25, 0.3) is 0 Å². The monoisotopic (exact) mass is 316 g/mol. The normalized spacial score (nSPS) is 11.3. The van der Waals surface area contributed by atoms with E-state index in [0.717, 1.165) is 11.3 Å². The van der Waals surface area contributed by atoms with E-state index in [1.54, 1.807) is 6.92 Å². The van der Waals surface area contributed by atoms with Gasteiger partial charge in [0.2, 0.25) is 5.91 Å². The lowest BCUT2D eigenvalue weighted by Gasteiger charge is -2.22. The summed E-state index contributed by atoms with van der Waals surface area (Å²) in [6, 6.07) is 8.94. The molecule has 0 bridgehead atoms. The third-order valence-electron chi connectivity index (χ3n) is 3.46. The summed E-state index contributed by atoms with van der Waals surface area (Å²) in [6.07, 6.45) is 0. The van der Waals surface area contributed by atoms with Gasteiger partial charge in [0.25, 0.3) is 0 Å². The summed E-state index contributed by atoms with van der Waals surface area (Å²) in [6.45, 7) is 7.81. The van der Waals surface area contributed by atoms with E-state index in [1.165, 1.54) is 10.7 Å². The molecule has 0 unspecified atom stereocenters. The van der Waals surface area contributed by atoms with Gasteiger partial charge in [-0.2, -0.15) is 4.68 Å². The van der Waals surface area contributed by atoms with Gasteiger partial charge in [-0.1, -0.05) is 39.0 Å². The Bertz CT molecular complexity index is 744. The zero-order valence-corrected chi connectivity index (χ0v) is 13.7. The number of nitrogens with one attached hydrogen (secondary N) is 1. The number of rotatable bonds is 4. The molecule has 23 heavy (non-hydrogen) atoms. The number of nitro groups is 1. The number of para-hydroxylation sites is 1. The van der Waals surface area contributed by atoms with Gasteiger partial charge in [-0.05, 0) is 28.9 Å². The highest BCUT2D eigenvalue weighted by molar-refractivity contribution is 5.91. The van der Waals surface area contributed by atoms with Crippen molar-refractivity contribution in [1.82, 2.24) is 9.78 Å². The quantitative estimate of drug-likeness (QED) is 0.693. The summed E-state index contributed by atoms with van der Waals surface area (Å²) in [5.41, 5.74) is 2.22. The molecular weight excluding hydrogens is 296 g/mol. The fourth-order valence-electron chi connectivity index (χ4n) is 2.31. The van der Waals surface area contributed by atoms with Crippen LogP contribution in [0, 0.1) is 17.0 Å². The van der Waals surface area contributed by atoms with Crippen LogP contribution in [0.5, 0.6) is 0 Å². The molecule has 0 atom stereocenters. The molecule has 0 fully saturated rings. The standard InChI is InChI=1S/C16H20N4O3/c1-11-9-14(20(22)23)18-19(11)10-15(21)17-13-8-6-5-7-12(13)16(2,3)4/h5-9H,10H2,1-4H3,(H,17,21). The van der Waals surface area contributed by atoms with Gasteiger partial charge in [0.15, 0.2) is 0 Å². The Morgan fingerprint density at radius 1 is 1.35 bits per heavy atom. The van der Waals surface area contributed by atoms with Gasteiger partial charge in [-0.25, -0.2) is 0 Å². The number of hydrogen-bond acceptors (Lipinski definition) is 4. The Morgan fingerprint density at radius 3 is 2.57 bits per heavy atom. The molecule has 1 aromatic carbocycles. The summed E-state index contributed by atoms with van der Waals surface area (Å²) in [7, 11) is 0. The van der Waals surface area contributed by atoms with Crippen molar-refractivity contribution in [2.75, 3.05) is 5.32 Å². The Balaban J connectivity index is 2.16. The molecule has 122 valence electrons. The van der Waals surface area contributed by atoms with Crippen molar-refractivity contribution >= 4 is 17.4 Å². The largest absolute Gasteiger partial charge is 0.390 e. The summed E-state index contributed by atoms with van der Waals surface area (Å²) >= 11 is 0. The number of aromatic nitrogens is 2. The number of anilines is 1. The summed E-state index contributed by atoms with van der Waals surface area (Å²) in [4.78, 5) is 22.4. The average molecular weight is 316 g/mol. The van der Waals surface area contributed by atoms with Crippen molar-refractivity contribution in [1.29, 1.82) is 0 Å². The number of amides is 1. The highest BCUT2D eigenvalue weighted by Crippen LogP contribution is 2.29. The molecule has 0 saturated heterocycles. The van der Waals surface area contributed by atoms with E-state index in [0.29, 0.717) is 5.69 Å². The van der Waals surface area contributed by atoms with Crippen LogP contribution in [0.4, 0.5) is 11.5 Å². The minimum Gasteiger partial charge on any atom is -0.358 e. The van der Waals surface area contributed by atoms with Gasteiger partial charge >= 0.3 is 5.82 Å². The lowest BCUT2D eigenvalue weighted by atomic mass is 9.86. The molecule has 0 radical (unpaired) electrons. The van der Waals surface area contributed by atoms with Crippen molar-refractivity contribution in [2.45, 2.75) is 39.7 Å². The summed E-state index contributed by atoms with van der Waals surface area (Å²) < 4.78 is 1.33. The molecule has 2 rings (SSSR count). The van der Waals surface area contributed by atoms with Crippen molar-refractivity contribution in [2.24, 2.45) is 0 Å². The molecule has 0 spiro atoms. The SMILES string of the molecule is Cc1cc([N+](=O)[O-])nn1CC(=O)Nc1ccccc1C(C)(C)C. The van der Waals surface area contributed by atoms with E-state index in [9.17, 15) is 14.9 Å². The van der Waals surface area contributed by atoms with Crippen LogP contribution < -0.4 is 5.32 Å². The maximum absolute atomic E-state index is 12.3. The molecule has 7 heteroatoms. The number of carbonyl (C=O) groups is 1. The van der Waals surface area contributed by atoms with E-state index >= 15 is 0 Å². The van der Waals surface area contributed by atoms with Crippen molar-refractivity contribution in [3.63, 3.8) is 0 Å². The Morgan fingerprint density at radius 2 is 2.00 bits per heavy atom. The van der Waals surface area contributed by atoms with Crippen LogP contribution in [-0.2, 0) is 16.8 Å². The third-order valence-corrected chi connectivity index (χ3v) is 3.46.